The topological polar surface area (TPSA) is 177 Å². The molecule has 0 bridgehead atoms. The van der Waals surface area contributed by atoms with Gasteiger partial charge in [-0.2, -0.15) is 5.21 Å². The number of H-pyrrole nitrogens is 1. The number of azide groups is 1. The Morgan fingerprint density at radius 3 is 2.88 bits per heavy atom. The molecule has 0 saturated heterocycles. The Morgan fingerprint density at radius 2 is 2.35 bits per heavy atom. The summed E-state index contributed by atoms with van der Waals surface area (Å²) in [5.74, 6) is -1.20. The number of nitro groups is 1. The molecule has 2 rings (SSSR count). The zero-order valence-corrected chi connectivity index (χ0v) is 9.07. The Morgan fingerprint density at radius 1 is 1.59 bits per heavy atom. The van der Waals surface area contributed by atoms with Gasteiger partial charge in [0.05, 0.1) is 0 Å². The Labute approximate surface area is 107 Å². The fraction of sp³-hybridized carbons (Fsp3) is 0. The van der Waals surface area contributed by atoms with E-state index in [0.717, 1.165) is 4.68 Å². The van der Waals surface area contributed by atoms with E-state index in [9.17, 15) is 10.1 Å². The van der Waals surface area contributed by atoms with Crippen molar-refractivity contribution in [2.24, 2.45) is 5.11 Å². The predicted molar refractivity (Wildman–Crippen MR) is 44.6 cm³/mol. The van der Waals surface area contributed by atoms with Gasteiger partial charge in [-0.15, -0.1) is 5.10 Å². The van der Waals surface area contributed by atoms with Crippen LogP contribution in [0.2, 0.25) is 0 Å². The third-order valence-corrected chi connectivity index (χ3v) is 1.40. The van der Waals surface area contributed by atoms with Crippen LogP contribution in [-0.4, -0.2) is 40.3 Å². The third kappa shape index (κ3) is 2.43. The van der Waals surface area contributed by atoms with E-state index in [1.807, 2.05) is 0 Å². The van der Waals surface area contributed by atoms with Crippen molar-refractivity contribution in [1.82, 2.24) is 35.4 Å². The molecule has 2 aromatic heterocycles. The van der Waals surface area contributed by atoms with Crippen LogP contribution in [-0.2, 0) is 22.4 Å². The molecule has 2 heterocycles. The van der Waals surface area contributed by atoms with Gasteiger partial charge in [0.2, 0.25) is 0 Å². The Kier molecular flexibility index (Phi) is 3.84. The van der Waals surface area contributed by atoms with E-state index in [4.69, 9.17) is 5.53 Å². The standard InChI is InChI=1S/C3HN11O2.Ag/c4-10-6-1-5-2(14(15)16)9-13(1)3-7-11-12-8-3;/h(H,7,8,11,12);. The fourth-order valence-electron chi connectivity index (χ4n) is 0.856. The number of rotatable bonds is 3. The van der Waals surface area contributed by atoms with Crippen LogP contribution >= 0.6 is 0 Å². The van der Waals surface area contributed by atoms with E-state index >= 15 is 0 Å². The molecule has 1 radical (unpaired) electrons. The first-order valence-electron chi connectivity index (χ1n) is 3.62. The monoisotopic (exact) mass is 330 g/mol. The van der Waals surface area contributed by atoms with Crippen molar-refractivity contribution in [3.8, 4) is 5.95 Å². The summed E-state index contributed by atoms with van der Waals surface area (Å²) >= 11 is 0. The molecule has 0 saturated carbocycles. The van der Waals surface area contributed by atoms with Crippen LogP contribution in [0.1, 0.15) is 0 Å². The van der Waals surface area contributed by atoms with Crippen molar-refractivity contribution < 1.29 is 27.3 Å². The second-order valence-electron chi connectivity index (χ2n) is 2.28. The van der Waals surface area contributed by atoms with Gasteiger partial charge < -0.3 is 10.1 Å². The number of tetrazole rings is 1. The van der Waals surface area contributed by atoms with E-state index in [0.29, 0.717) is 0 Å². The van der Waals surface area contributed by atoms with Crippen molar-refractivity contribution >= 4 is 11.9 Å². The van der Waals surface area contributed by atoms with Crippen LogP contribution in [0, 0.1) is 10.1 Å². The van der Waals surface area contributed by atoms with Crippen molar-refractivity contribution in [3.05, 3.63) is 20.6 Å². The summed E-state index contributed by atoms with van der Waals surface area (Å²) in [6, 6.07) is 0. The van der Waals surface area contributed by atoms with Crippen molar-refractivity contribution in [2.45, 2.75) is 0 Å². The molecule has 14 heteroatoms. The van der Waals surface area contributed by atoms with Crippen molar-refractivity contribution in [3.63, 3.8) is 0 Å². The number of aromatic amines is 1. The summed E-state index contributed by atoms with van der Waals surface area (Å²) < 4.78 is 0.793. The minimum absolute atomic E-state index is 0. The molecular formula is C3HAgN11O2. The second kappa shape index (κ2) is 5.13. The van der Waals surface area contributed by atoms with Crippen LogP contribution in [0.3, 0.4) is 0 Å². The number of hydrogen-bond donors (Lipinski definition) is 1. The van der Waals surface area contributed by atoms with Gasteiger partial charge in [-0.1, -0.05) is 9.78 Å². The van der Waals surface area contributed by atoms with Gasteiger partial charge in [0, 0.05) is 37.5 Å². The maximum absolute atomic E-state index is 10.4. The molecule has 2 aromatic rings. The Bertz CT molecular complexity index is 566. The fourth-order valence-corrected chi connectivity index (χ4v) is 0.856. The molecule has 0 aliphatic carbocycles. The van der Waals surface area contributed by atoms with E-state index < -0.39 is 10.9 Å². The summed E-state index contributed by atoms with van der Waals surface area (Å²) in [4.78, 5) is 15.4. The summed E-state index contributed by atoms with van der Waals surface area (Å²) in [6.45, 7) is 0. The van der Waals surface area contributed by atoms with Gasteiger partial charge in [-0.25, -0.2) is 0 Å². The maximum Gasteiger partial charge on any atom is 0.491 e. The van der Waals surface area contributed by atoms with Gasteiger partial charge in [0.1, 0.15) is 0 Å². The Hall–Kier alpha value is -2.34. The first-order chi connectivity index (χ1) is 7.72. The SMILES string of the molecule is [Ag].[N-]=[N+]=Nc1nc([N+](=O)[O-])nn1-c1nn[nH]n1. The molecule has 17 heavy (non-hydrogen) atoms. The minimum atomic E-state index is -0.840. The normalized spacial score (nSPS) is 9.18. The van der Waals surface area contributed by atoms with Gasteiger partial charge in [-0.05, 0) is 20.7 Å². The maximum atomic E-state index is 10.4. The molecule has 0 aliphatic rings. The summed E-state index contributed by atoms with van der Waals surface area (Å²) in [5.41, 5.74) is 8.23. The minimum Gasteiger partial charge on any atom is -0.390 e. The van der Waals surface area contributed by atoms with Gasteiger partial charge in [0.25, 0.3) is 0 Å². The molecule has 13 nitrogen and oxygen atoms in total. The summed E-state index contributed by atoms with van der Waals surface area (Å²) in [5, 5.41) is 29.3. The average molecular weight is 331 g/mol. The molecule has 0 aliphatic heterocycles. The molecule has 91 valence electrons. The van der Waals surface area contributed by atoms with Crippen LogP contribution < -0.4 is 0 Å². The molecule has 0 unspecified atom stereocenters. The zero-order valence-electron chi connectivity index (χ0n) is 7.59. The molecule has 0 amide bonds. The summed E-state index contributed by atoms with van der Waals surface area (Å²) in [7, 11) is 0. The van der Waals surface area contributed by atoms with Crippen molar-refractivity contribution in [2.75, 3.05) is 0 Å². The van der Waals surface area contributed by atoms with E-state index in [-0.39, 0.29) is 34.3 Å². The van der Waals surface area contributed by atoms with Gasteiger partial charge >= 0.3 is 17.8 Å². The van der Waals surface area contributed by atoms with Crippen LogP contribution in [0.25, 0.3) is 16.4 Å². The van der Waals surface area contributed by atoms with Gasteiger partial charge in [0.15, 0.2) is 0 Å². The van der Waals surface area contributed by atoms with E-state index in [2.05, 4.69) is 40.7 Å². The molecular weight excluding hydrogens is 330 g/mol. The summed E-state index contributed by atoms with van der Waals surface area (Å²) in [6.07, 6.45) is 0. The molecule has 0 aromatic carbocycles. The van der Waals surface area contributed by atoms with E-state index in [1.165, 1.54) is 0 Å². The molecule has 0 spiro atoms. The van der Waals surface area contributed by atoms with Gasteiger partial charge in [-0.3, -0.25) is 0 Å². The quantitative estimate of drug-likeness (QED) is 0.199. The number of nitrogens with zero attached hydrogens (tertiary/aromatic N) is 10. The first-order valence-corrected chi connectivity index (χ1v) is 3.62. The largest absolute Gasteiger partial charge is 0.491 e. The zero-order chi connectivity index (χ0) is 11.5. The average Bonchev–Trinajstić information content (AvgIpc) is 2.84. The van der Waals surface area contributed by atoms with Crippen LogP contribution in [0.4, 0.5) is 11.9 Å². The second-order valence-corrected chi connectivity index (χ2v) is 2.28. The molecule has 0 fully saturated rings. The van der Waals surface area contributed by atoms with Crippen LogP contribution in [0.15, 0.2) is 5.11 Å². The van der Waals surface area contributed by atoms with Crippen LogP contribution in [0.5, 0.6) is 0 Å². The predicted octanol–water partition coefficient (Wildman–Crippen LogP) is -0.372. The number of nitrogens with one attached hydrogen (secondary N) is 1. The number of hydrogen-bond acceptors (Lipinski definition) is 8. The number of aromatic nitrogens is 7. The van der Waals surface area contributed by atoms with Crippen molar-refractivity contribution in [1.29, 1.82) is 0 Å². The first kappa shape index (κ1) is 12.7. The Balaban J connectivity index is 0.00000144. The third-order valence-electron chi connectivity index (χ3n) is 1.40. The van der Waals surface area contributed by atoms with E-state index in [1.54, 1.807) is 0 Å². The molecule has 1 N–H and O–H groups in total. The smallest absolute Gasteiger partial charge is 0.390 e. The molecule has 0 atom stereocenters.